The second-order valence-corrected chi connectivity index (χ2v) is 6.76. The van der Waals surface area contributed by atoms with Crippen LogP contribution in [-0.2, 0) is 0 Å². The maximum atomic E-state index is 14.1. The number of benzene rings is 1. The van der Waals surface area contributed by atoms with Crippen LogP contribution in [0.1, 0.15) is 38.5 Å². The molecule has 3 aliphatic heterocycles. The molecule has 114 valence electrons. The third kappa shape index (κ3) is 2.33. The third-order valence-corrected chi connectivity index (χ3v) is 5.55. The number of fused-ring (bicyclic) bond motifs is 2. The lowest BCUT2D eigenvalue weighted by Gasteiger charge is -2.43. The zero-order valence-corrected chi connectivity index (χ0v) is 12.3. The molecule has 3 aliphatic rings. The van der Waals surface area contributed by atoms with Gasteiger partial charge in [0, 0.05) is 24.2 Å². The average molecular weight is 292 g/mol. The first kappa shape index (κ1) is 13.5. The molecule has 2 atom stereocenters. The molecule has 1 aromatic rings. The lowest BCUT2D eigenvalue weighted by Crippen LogP contribution is -2.50. The number of likely N-dealkylation sites (tertiary alicyclic amines) is 1. The Balaban J connectivity index is 1.56. The fraction of sp³-hybridized carbons (Fsp3) is 0.647. The molecule has 2 nitrogen and oxygen atoms in total. The van der Waals surface area contributed by atoms with Gasteiger partial charge in [0.1, 0.15) is 11.6 Å². The van der Waals surface area contributed by atoms with E-state index in [2.05, 4.69) is 9.80 Å². The van der Waals surface area contributed by atoms with Crippen LogP contribution < -0.4 is 4.90 Å². The van der Waals surface area contributed by atoms with Crippen molar-refractivity contribution >= 4 is 5.69 Å². The summed E-state index contributed by atoms with van der Waals surface area (Å²) in [7, 11) is 0. The van der Waals surface area contributed by atoms with Gasteiger partial charge in [-0.25, -0.2) is 8.78 Å². The molecular formula is C17H22F2N2. The van der Waals surface area contributed by atoms with E-state index >= 15 is 0 Å². The Bertz CT molecular complexity index is 514. The normalized spacial score (nSPS) is 32.9. The summed E-state index contributed by atoms with van der Waals surface area (Å²) >= 11 is 0. The third-order valence-electron chi connectivity index (χ3n) is 5.55. The Morgan fingerprint density at radius 1 is 0.905 bits per heavy atom. The van der Waals surface area contributed by atoms with Gasteiger partial charge in [0.05, 0.1) is 5.69 Å². The molecule has 3 saturated heterocycles. The summed E-state index contributed by atoms with van der Waals surface area (Å²) in [5.41, 5.74) is 0.601. The van der Waals surface area contributed by atoms with Crippen LogP contribution >= 0.6 is 0 Å². The van der Waals surface area contributed by atoms with Crippen LogP contribution in [-0.4, -0.2) is 36.1 Å². The van der Waals surface area contributed by atoms with E-state index in [1.807, 2.05) is 0 Å². The highest BCUT2D eigenvalue weighted by Crippen LogP contribution is 2.42. The molecule has 0 saturated carbocycles. The summed E-state index contributed by atoms with van der Waals surface area (Å²) in [5, 5.41) is 0. The number of halogens is 2. The Hall–Kier alpha value is -1.16. The number of anilines is 1. The van der Waals surface area contributed by atoms with E-state index in [0.29, 0.717) is 23.8 Å². The SMILES string of the molecule is Fc1ccc(N2C3CCC2CC(N2CCCC2)C3)c(F)c1. The van der Waals surface area contributed by atoms with Gasteiger partial charge >= 0.3 is 0 Å². The number of nitrogens with zero attached hydrogens (tertiary/aromatic N) is 2. The number of hydrogen-bond donors (Lipinski definition) is 0. The molecule has 0 amide bonds. The minimum Gasteiger partial charge on any atom is -0.363 e. The van der Waals surface area contributed by atoms with Gasteiger partial charge in [0.15, 0.2) is 0 Å². The predicted molar refractivity (Wildman–Crippen MR) is 79.5 cm³/mol. The van der Waals surface area contributed by atoms with Gasteiger partial charge in [-0.05, 0) is 63.7 Å². The van der Waals surface area contributed by atoms with Crippen LogP contribution in [0.5, 0.6) is 0 Å². The van der Waals surface area contributed by atoms with Gasteiger partial charge in [-0.3, -0.25) is 0 Å². The van der Waals surface area contributed by atoms with E-state index in [4.69, 9.17) is 0 Å². The van der Waals surface area contributed by atoms with Crippen LogP contribution in [0.15, 0.2) is 18.2 Å². The zero-order valence-electron chi connectivity index (χ0n) is 12.3. The average Bonchev–Trinajstić information content (AvgIpc) is 3.06. The van der Waals surface area contributed by atoms with E-state index in [1.165, 1.54) is 32.0 Å². The van der Waals surface area contributed by atoms with Crippen molar-refractivity contribution < 1.29 is 8.78 Å². The maximum absolute atomic E-state index is 14.1. The highest BCUT2D eigenvalue weighted by Gasteiger charge is 2.43. The van der Waals surface area contributed by atoms with Gasteiger partial charge in [-0.15, -0.1) is 0 Å². The van der Waals surface area contributed by atoms with Crippen LogP contribution in [0.25, 0.3) is 0 Å². The molecule has 4 heteroatoms. The van der Waals surface area contributed by atoms with Crippen molar-refractivity contribution in [2.45, 2.75) is 56.7 Å². The molecule has 0 spiro atoms. The molecule has 21 heavy (non-hydrogen) atoms. The first-order valence-electron chi connectivity index (χ1n) is 8.20. The molecule has 0 radical (unpaired) electrons. The Kier molecular flexibility index (Phi) is 3.37. The lowest BCUT2D eigenvalue weighted by molar-refractivity contribution is 0.186. The monoisotopic (exact) mass is 292 g/mol. The van der Waals surface area contributed by atoms with Crippen molar-refractivity contribution in [2.75, 3.05) is 18.0 Å². The fourth-order valence-electron chi connectivity index (χ4n) is 4.64. The quantitative estimate of drug-likeness (QED) is 0.822. The molecule has 3 fully saturated rings. The van der Waals surface area contributed by atoms with Crippen LogP contribution in [0.4, 0.5) is 14.5 Å². The summed E-state index contributed by atoms with van der Waals surface area (Å²) in [4.78, 5) is 4.87. The first-order valence-corrected chi connectivity index (χ1v) is 8.20. The fourth-order valence-corrected chi connectivity index (χ4v) is 4.64. The van der Waals surface area contributed by atoms with Gasteiger partial charge in [-0.2, -0.15) is 0 Å². The standard InChI is InChI=1S/C17H22F2N2/c18-12-3-6-17(16(19)9-12)21-13-4-5-14(21)11-15(10-13)20-7-1-2-8-20/h3,6,9,13-15H,1-2,4-5,7-8,10-11H2. The predicted octanol–water partition coefficient (Wildman–Crippen LogP) is 3.56. The minimum absolute atomic E-state index is 0.411. The summed E-state index contributed by atoms with van der Waals surface area (Å²) < 4.78 is 27.2. The van der Waals surface area contributed by atoms with Crippen molar-refractivity contribution in [1.82, 2.24) is 4.90 Å². The minimum atomic E-state index is -0.490. The summed E-state index contributed by atoms with van der Waals surface area (Å²) in [6.07, 6.45) is 7.20. The van der Waals surface area contributed by atoms with Crippen LogP contribution in [0.3, 0.4) is 0 Å². The van der Waals surface area contributed by atoms with Crippen molar-refractivity contribution in [1.29, 1.82) is 0 Å². The molecule has 0 aromatic heterocycles. The molecular weight excluding hydrogens is 270 g/mol. The molecule has 1 aromatic carbocycles. The van der Waals surface area contributed by atoms with E-state index in [0.717, 1.165) is 31.7 Å². The molecule has 3 heterocycles. The number of rotatable bonds is 2. The molecule has 2 unspecified atom stereocenters. The molecule has 0 N–H and O–H groups in total. The highest BCUT2D eigenvalue weighted by molar-refractivity contribution is 5.52. The summed E-state index contributed by atoms with van der Waals surface area (Å²) in [6.45, 7) is 2.46. The summed E-state index contributed by atoms with van der Waals surface area (Å²) in [5.74, 6) is -0.901. The van der Waals surface area contributed by atoms with Crippen LogP contribution in [0, 0.1) is 11.6 Å². The van der Waals surface area contributed by atoms with Gasteiger partial charge in [0.2, 0.25) is 0 Å². The van der Waals surface area contributed by atoms with Gasteiger partial charge < -0.3 is 9.80 Å². The van der Waals surface area contributed by atoms with Gasteiger partial charge in [0.25, 0.3) is 0 Å². The van der Waals surface area contributed by atoms with E-state index in [9.17, 15) is 8.78 Å². The van der Waals surface area contributed by atoms with Crippen molar-refractivity contribution in [3.05, 3.63) is 29.8 Å². The topological polar surface area (TPSA) is 6.48 Å². The van der Waals surface area contributed by atoms with Crippen LogP contribution in [0.2, 0.25) is 0 Å². The Morgan fingerprint density at radius 2 is 1.57 bits per heavy atom. The van der Waals surface area contributed by atoms with Crippen molar-refractivity contribution in [3.63, 3.8) is 0 Å². The van der Waals surface area contributed by atoms with E-state index < -0.39 is 11.6 Å². The molecule has 0 aliphatic carbocycles. The summed E-state index contributed by atoms with van der Waals surface area (Å²) in [6, 6.07) is 5.53. The van der Waals surface area contributed by atoms with Crippen molar-refractivity contribution in [2.24, 2.45) is 0 Å². The Morgan fingerprint density at radius 3 is 2.19 bits per heavy atom. The Labute approximate surface area is 124 Å². The number of hydrogen-bond acceptors (Lipinski definition) is 2. The molecule has 4 rings (SSSR count). The maximum Gasteiger partial charge on any atom is 0.149 e. The smallest absolute Gasteiger partial charge is 0.149 e. The number of piperidine rings is 1. The molecule has 2 bridgehead atoms. The van der Waals surface area contributed by atoms with E-state index in [1.54, 1.807) is 6.07 Å². The lowest BCUT2D eigenvalue weighted by atomic mass is 9.95. The largest absolute Gasteiger partial charge is 0.363 e. The van der Waals surface area contributed by atoms with E-state index in [-0.39, 0.29) is 0 Å². The second-order valence-electron chi connectivity index (χ2n) is 6.76. The van der Waals surface area contributed by atoms with Gasteiger partial charge in [-0.1, -0.05) is 0 Å². The zero-order chi connectivity index (χ0) is 14.4. The second kappa shape index (κ2) is 5.24. The highest BCUT2D eigenvalue weighted by atomic mass is 19.1. The van der Waals surface area contributed by atoms with Crippen molar-refractivity contribution in [3.8, 4) is 0 Å². The first-order chi connectivity index (χ1) is 10.2.